The monoisotopic (exact) mass is 528 g/mol. The Morgan fingerprint density at radius 2 is 0.730 bits per heavy atom. The fourth-order valence-electron chi connectivity index (χ4n) is 5.20. The van der Waals surface area contributed by atoms with Gasteiger partial charge < -0.3 is 16.3 Å². The van der Waals surface area contributed by atoms with Crippen molar-refractivity contribution < 1.29 is 4.84 Å². The normalized spacial score (nSPS) is 15.4. The summed E-state index contributed by atoms with van der Waals surface area (Å²) in [6.07, 6.45) is 9.86. The van der Waals surface area contributed by atoms with Crippen LogP contribution in [0.25, 0.3) is 0 Å². The highest BCUT2D eigenvalue weighted by Crippen LogP contribution is 2.36. The van der Waals surface area contributed by atoms with Crippen molar-refractivity contribution in [3.63, 3.8) is 0 Å². The number of nitrogens with one attached hydrogen (secondary N) is 1. The third-order valence-electron chi connectivity index (χ3n) is 8.77. The maximum Gasteiger partial charge on any atom is 0.148 e. The third kappa shape index (κ3) is 24.7. The van der Waals surface area contributed by atoms with Crippen LogP contribution in [0.15, 0.2) is 0 Å². The summed E-state index contributed by atoms with van der Waals surface area (Å²) >= 11 is 0. The number of hydroxylamine groups is 1. The maximum absolute atomic E-state index is 5.07. The van der Waals surface area contributed by atoms with Gasteiger partial charge in [-0.3, -0.25) is 0 Å². The summed E-state index contributed by atoms with van der Waals surface area (Å²) in [7, 11) is 1.62. The standard InChI is InChI=1S/2C12H27B.C4H11NO.C3H10N2/c2*1-7-10(4)13(11(5)8-2)12(6)9-3;1-3-4-5-6-2;1-2-3(4)5/h2*10-12H,7-9H2,1-6H3;5H,3-4H2,1-2H3;3H,2,4-5H2,1H3. The van der Waals surface area contributed by atoms with Gasteiger partial charge in [-0.2, -0.15) is 0 Å². The zero-order valence-corrected chi connectivity index (χ0v) is 28.6. The Labute approximate surface area is 238 Å². The first-order valence-corrected chi connectivity index (χ1v) is 16.1. The summed E-state index contributed by atoms with van der Waals surface area (Å²) < 4.78 is 0. The zero-order valence-electron chi connectivity index (χ0n) is 28.6. The molecule has 0 aliphatic rings. The molecule has 4 nitrogen and oxygen atoms in total. The van der Waals surface area contributed by atoms with E-state index in [1.54, 1.807) is 7.11 Å². The molecular weight excluding hydrogens is 452 g/mol. The average molecular weight is 528 g/mol. The molecule has 0 rings (SSSR count). The number of hydrogen-bond acceptors (Lipinski definition) is 4. The van der Waals surface area contributed by atoms with Gasteiger partial charge in [-0.15, -0.1) is 0 Å². The van der Waals surface area contributed by atoms with Crippen molar-refractivity contribution in [1.82, 2.24) is 5.48 Å². The Bertz CT molecular complexity index is 348. The van der Waals surface area contributed by atoms with Crippen LogP contribution in [0, 0.1) is 0 Å². The molecule has 0 aromatic carbocycles. The second-order valence-corrected chi connectivity index (χ2v) is 11.6. The first kappa shape index (κ1) is 44.0. The number of hydrogen-bond donors (Lipinski definition) is 3. The van der Waals surface area contributed by atoms with E-state index in [2.05, 4.69) is 100 Å². The van der Waals surface area contributed by atoms with Gasteiger partial charge in [-0.1, -0.05) is 170 Å². The Hall–Kier alpha value is -0.0301. The molecule has 0 spiro atoms. The summed E-state index contributed by atoms with van der Waals surface area (Å²) in [4.78, 5) is 4.53. The Kier molecular flexibility index (Phi) is 36.3. The predicted molar refractivity (Wildman–Crippen MR) is 178 cm³/mol. The maximum atomic E-state index is 5.07. The van der Waals surface area contributed by atoms with Crippen molar-refractivity contribution in [2.75, 3.05) is 13.7 Å². The second kappa shape index (κ2) is 30.5. The van der Waals surface area contributed by atoms with E-state index in [4.69, 9.17) is 11.5 Å². The molecule has 5 N–H and O–H groups in total. The van der Waals surface area contributed by atoms with Gasteiger partial charge in [0.1, 0.15) is 13.4 Å². The van der Waals surface area contributed by atoms with Crippen molar-refractivity contribution >= 4 is 13.4 Å². The quantitative estimate of drug-likeness (QED) is 0.0808. The van der Waals surface area contributed by atoms with E-state index >= 15 is 0 Å². The smallest absolute Gasteiger partial charge is 0.148 e. The molecule has 0 saturated carbocycles. The Morgan fingerprint density at radius 1 is 0.514 bits per heavy atom. The fourth-order valence-corrected chi connectivity index (χ4v) is 5.20. The molecule has 0 bridgehead atoms. The van der Waals surface area contributed by atoms with Gasteiger partial charge in [0.25, 0.3) is 0 Å². The minimum Gasteiger partial charge on any atom is -0.316 e. The second-order valence-electron chi connectivity index (χ2n) is 11.6. The largest absolute Gasteiger partial charge is 0.316 e. The fraction of sp³-hybridized carbons (Fsp3) is 1.00. The zero-order chi connectivity index (χ0) is 30.0. The van der Waals surface area contributed by atoms with Crippen LogP contribution in [-0.4, -0.2) is 33.2 Å². The van der Waals surface area contributed by atoms with Crippen molar-refractivity contribution in [2.24, 2.45) is 11.5 Å². The molecule has 0 radical (unpaired) electrons. The van der Waals surface area contributed by atoms with E-state index < -0.39 is 0 Å². The molecule has 6 heteroatoms. The highest BCUT2D eigenvalue weighted by atomic mass is 16.6. The summed E-state index contributed by atoms with van der Waals surface area (Å²) in [6, 6.07) is 0. The van der Waals surface area contributed by atoms with E-state index in [-0.39, 0.29) is 6.17 Å². The molecule has 0 aliphatic carbocycles. The molecule has 0 fully saturated rings. The molecule has 0 aromatic rings. The van der Waals surface area contributed by atoms with E-state index in [1.165, 1.54) is 38.5 Å². The Morgan fingerprint density at radius 3 is 0.811 bits per heavy atom. The highest BCUT2D eigenvalue weighted by Gasteiger charge is 2.30. The van der Waals surface area contributed by atoms with Gasteiger partial charge in [-0.05, 0) is 12.8 Å². The summed E-state index contributed by atoms with van der Waals surface area (Å²) in [5.74, 6) is 5.36. The van der Waals surface area contributed by atoms with E-state index in [0.717, 1.165) is 67.7 Å². The minimum atomic E-state index is -0.116. The molecule has 0 aliphatic heterocycles. The average Bonchev–Trinajstić information content (AvgIpc) is 2.91. The van der Waals surface area contributed by atoms with E-state index in [9.17, 15) is 0 Å². The molecule has 37 heavy (non-hydrogen) atoms. The summed E-state index contributed by atoms with van der Waals surface area (Å²) in [5, 5.41) is 0. The Balaban J connectivity index is -0.000000212. The molecule has 0 saturated heterocycles. The van der Waals surface area contributed by atoms with Crippen LogP contribution in [0.1, 0.15) is 148 Å². The van der Waals surface area contributed by atoms with Crippen LogP contribution in [0.4, 0.5) is 0 Å². The van der Waals surface area contributed by atoms with Crippen LogP contribution in [0.5, 0.6) is 0 Å². The number of rotatable bonds is 16. The van der Waals surface area contributed by atoms with Crippen molar-refractivity contribution in [3.05, 3.63) is 0 Å². The van der Waals surface area contributed by atoms with Gasteiger partial charge in [0.15, 0.2) is 0 Å². The molecule has 226 valence electrons. The lowest BCUT2D eigenvalue weighted by atomic mass is 9.27. The van der Waals surface area contributed by atoms with Gasteiger partial charge in [0.05, 0.1) is 13.3 Å². The summed E-state index contributed by atoms with van der Waals surface area (Å²) in [5.41, 5.74) is 12.8. The van der Waals surface area contributed by atoms with Crippen LogP contribution in [0.3, 0.4) is 0 Å². The molecular formula is C31H75B2N3O. The van der Waals surface area contributed by atoms with E-state index in [1.807, 2.05) is 6.92 Å². The van der Waals surface area contributed by atoms with Crippen LogP contribution < -0.4 is 16.9 Å². The van der Waals surface area contributed by atoms with Crippen molar-refractivity contribution in [2.45, 2.75) is 189 Å². The molecule has 0 heterocycles. The summed E-state index contributed by atoms with van der Waals surface area (Å²) in [6.45, 7) is 35.3. The lowest BCUT2D eigenvalue weighted by Gasteiger charge is -2.30. The van der Waals surface area contributed by atoms with Gasteiger partial charge in [0.2, 0.25) is 0 Å². The van der Waals surface area contributed by atoms with Crippen LogP contribution in [-0.2, 0) is 4.84 Å². The van der Waals surface area contributed by atoms with Crippen LogP contribution >= 0.6 is 0 Å². The molecule has 0 aromatic heterocycles. The lowest BCUT2D eigenvalue weighted by Crippen LogP contribution is -2.28. The number of nitrogens with two attached hydrogens (primary N) is 2. The molecule has 6 unspecified atom stereocenters. The van der Waals surface area contributed by atoms with Gasteiger partial charge >= 0.3 is 0 Å². The first-order chi connectivity index (χ1) is 17.3. The molecule has 6 atom stereocenters. The molecule has 0 amide bonds. The highest BCUT2D eigenvalue weighted by molar-refractivity contribution is 6.63. The van der Waals surface area contributed by atoms with Crippen molar-refractivity contribution in [3.8, 4) is 0 Å². The third-order valence-corrected chi connectivity index (χ3v) is 8.77. The van der Waals surface area contributed by atoms with Crippen molar-refractivity contribution in [1.29, 1.82) is 0 Å². The van der Waals surface area contributed by atoms with E-state index in [0.29, 0.717) is 0 Å². The van der Waals surface area contributed by atoms with Gasteiger partial charge in [-0.25, -0.2) is 5.48 Å². The lowest BCUT2D eigenvalue weighted by molar-refractivity contribution is 0.0920. The topological polar surface area (TPSA) is 73.3 Å². The minimum absolute atomic E-state index is 0.116. The van der Waals surface area contributed by atoms with Crippen LogP contribution in [0.2, 0.25) is 34.9 Å². The SMILES string of the molecule is CCC(C)B(C(C)CC)C(C)CC.CCC(C)B(C(C)CC)C(C)CC.CCC(N)N.CCCNOC. The first-order valence-electron chi connectivity index (χ1n) is 16.1. The van der Waals surface area contributed by atoms with Gasteiger partial charge in [0, 0.05) is 6.54 Å². The predicted octanol–water partition coefficient (Wildman–Crippen LogP) is 9.95.